The molecule has 1 aromatic rings. The van der Waals surface area contributed by atoms with Crippen LogP contribution in [0.1, 0.15) is 42.8 Å². The summed E-state index contributed by atoms with van der Waals surface area (Å²) >= 11 is 0. The van der Waals surface area contributed by atoms with Gasteiger partial charge in [0.2, 0.25) is 0 Å². The Hall–Kier alpha value is -1.81. The molecule has 1 aliphatic carbocycles. The van der Waals surface area contributed by atoms with Crippen molar-refractivity contribution in [2.45, 2.75) is 38.9 Å². The maximum absolute atomic E-state index is 11.8. The first-order valence-electron chi connectivity index (χ1n) is 6.42. The number of furan rings is 1. The van der Waals surface area contributed by atoms with E-state index in [0.717, 1.165) is 16.7 Å². The number of ether oxygens (including phenoxy) is 1. The van der Waals surface area contributed by atoms with Crippen molar-refractivity contribution >= 4 is 12.0 Å². The molecule has 2 heterocycles. The Morgan fingerprint density at radius 3 is 2.95 bits per heavy atom. The largest absolute Gasteiger partial charge is 0.464 e. The number of hydrogen-bond acceptors (Lipinski definition) is 4. The van der Waals surface area contributed by atoms with Gasteiger partial charge in [0.15, 0.2) is 6.10 Å². The van der Waals surface area contributed by atoms with Gasteiger partial charge in [-0.15, -0.1) is 0 Å². The molecule has 0 radical (unpaired) electrons. The van der Waals surface area contributed by atoms with Gasteiger partial charge in [-0.2, -0.15) is 0 Å². The molecule has 19 heavy (non-hydrogen) atoms. The quantitative estimate of drug-likeness (QED) is 0.728. The van der Waals surface area contributed by atoms with E-state index in [1.807, 2.05) is 26.0 Å². The molecule has 4 nitrogen and oxygen atoms in total. The van der Waals surface area contributed by atoms with Gasteiger partial charge >= 0.3 is 5.97 Å². The molecule has 1 N–H and O–H groups in total. The van der Waals surface area contributed by atoms with E-state index >= 15 is 0 Å². The van der Waals surface area contributed by atoms with Gasteiger partial charge in [-0.1, -0.05) is 0 Å². The molecule has 100 valence electrons. The Morgan fingerprint density at radius 2 is 2.16 bits per heavy atom. The molecule has 0 aromatic carbocycles. The number of aliphatic hydroxyl groups excluding tert-OH is 1. The molecule has 4 heteroatoms. The number of carbonyl (C=O) groups is 1. The van der Waals surface area contributed by atoms with Crippen molar-refractivity contribution in [1.82, 2.24) is 0 Å². The van der Waals surface area contributed by atoms with Crippen molar-refractivity contribution in [3.8, 4) is 0 Å². The minimum Gasteiger partial charge on any atom is -0.464 e. The van der Waals surface area contributed by atoms with E-state index in [-0.39, 0.29) is 12.1 Å². The van der Waals surface area contributed by atoms with Gasteiger partial charge in [0.05, 0.1) is 12.4 Å². The van der Waals surface area contributed by atoms with Crippen LogP contribution in [-0.2, 0) is 9.53 Å². The molecular formula is C15H16O4. The third kappa shape index (κ3) is 2.02. The van der Waals surface area contributed by atoms with Gasteiger partial charge < -0.3 is 14.3 Å². The molecule has 2 aliphatic rings. The van der Waals surface area contributed by atoms with E-state index in [2.05, 4.69) is 0 Å². The topological polar surface area (TPSA) is 59.7 Å². The molecule has 0 saturated carbocycles. The zero-order valence-electron chi connectivity index (χ0n) is 11.0. The fourth-order valence-corrected chi connectivity index (χ4v) is 2.58. The lowest BCUT2D eigenvalue weighted by Crippen LogP contribution is -2.09. The van der Waals surface area contributed by atoms with E-state index in [1.165, 1.54) is 0 Å². The molecule has 1 aliphatic heterocycles. The van der Waals surface area contributed by atoms with Crippen LogP contribution in [0.15, 0.2) is 27.9 Å². The first kappa shape index (κ1) is 12.2. The van der Waals surface area contributed by atoms with Gasteiger partial charge in [0.1, 0.15) is 5.76 Å². The summed E-state index contributed by atoms with van der Waals surface area (Å²) in [7, 11) is 0. The molecule has 0 spiro atoms. The van der Waals surface area contributed by atoms with Crippen LogP contribution >= 0.6 is 0 Å². The van der Waals surface area contributed by atoms with Crippen LogP contribution in [0.4, 0.5) is 0 Å². The van der Waals surface area contributed by atoms with Crippen molar-refractivity contribution in [3.05, 3.63) is 40.4 Å². The average molecular weight is 260 g/mol. The van der Waals surface area contributed by atoms with Crippen LogP contribution in [0, 0.1) is 6.92 Å². The summed E-state index contributed by atoms with van der Waals surface area (Å²) in [6.07, 6.45) is 5.44. The molecule has 0 fully saturated rings. The van der Waals surface area contributed by atoms with Crippen molar-refractivity contribution < 1.29 is 19.1 Å². The first-order valence-corrected chi connectivity index (χ1v) is 6.42. The molecular weight excluding hydrogens is 244 g/mol. The fourth-order valence-electron chi connectivity index (χ4n) is 2.58. The predicted molar refractivity (Wildman–Crippen MR) is 69.3 cm³/mol. The van der Waals surface area contributed by atoms with E-state index in [9.17, 15) is 9.90 Å². The van der Waals surface area contributed by atoms with Gasteiger partial charge in [-0.25, -0.2) is 4.79 Å². The molecule has 3 rings (SSSR count). The van der Waals surface area contributed by atoms with Gasteiger partial charge in [0, 0.05) is 11.1 Å². The van der Waals surface area contributed by atoms with Crippen LogP contribution in [0.25, 0.3) is 6.08 Å². The van der Waals surface area contributed by atoms with Crippen LogP contribution < -0.4 is 0 Å². The molecule has 0 saturated heterocycles. The summed E-state index contributed by atoms with van der Waals surface area (Å²) in [6, 6.07) is 0. The summed E-state index contributed by atoms with van der Waals surface area (Å²) in [6.45, 7) is 3.79. The van der Waals surface area contributed by atoms with Crippen molar-refractivity contribution in [2.75, 3.05) is 0 Å². The highest BCUT2D eigenvalue weighted by Gasteiger charge is 2.31. The zero-order valence-corrected chi connectivity index (χ0v) is 11.0. The number of hydrogen-bond donors (Lipinski definition) is 1. The van der Waals surface area contributed by atoms with Gasteiger partial charge in [-0.3, -0.25) is 0 Å². The maximum Gasteiger partial charge on any atom is 0.334 e. The highest BCUT2D eigenvalue weighted by atomic mass is 16.5. The Morgan fingerprint density at radius 1 is 1.37 bits per heavy atom. The zero-order chi connectivity index (χ0) is 13.6. The second kappa shape index (κ2) is 4.38. The second-order valence-corrected chi connectivity index (χ2v) is 5.16. The number of rotatable bonds is 0. The minimum atomic E-state index is -0.566. The summed E-state index contributed by atoms with van der Waals surface area (Å²) < 4.78 is 10.9. The Balaban J connectivity index is 2.13. The summed E-state index contributed by atoms with van der Waals surface area (Å²) in [5.41, 5.74) is 3.30. The normalized spacial score (nSPS) is 26.4. The standard InChI is InChI=1S/C15H16O4/c1-8-5-12-14(9(2)7-18-12)13-6-10(15(17)19-13)3-4-11(8)16/h5-7,11,13,16H,3-4H2,1-2H3/t11-,13-/m1/s1. The second-order valence-electron chi connectivity index (χ2n) is 5.16. The SMILES string of the molecule is CC1=Cc2occ(C)c2[C@H]2C=C(CC[C@H]1O)C(=O)O2. The summed E-state index contributed by atoms with van der Waals surface area (Å²) in [5.74, 6) is 0.370. The number of esters is 1. The fraction of sp³-hybridized carbons (Fsp3) is 0.400. The van der Waals surface area contributed by atoms with Crippen LogP contribution in [0.5, 0.6) is 0 Å². The third-order valence-electron chi connectivity index (χ3n) is 3.76. The Kier molecular flexibility index (Phi) is 2.82. The lowest BCUT2D eigenvalue weighted by Gasteiger charge is -2.12. The van der Waals surface area contributed by atoms with Crippen LogP contribution in [0.3, 0.4) is 0 Å². The lowest BCUT2D eigenvalue weighted by molar-refractivity contribution is -0.140. The summed E-state index contributed by atoms with van der Waals surface area (Å²) in [5, 5.41) is 10.1. The molecule has 0 amide bonds. The molecule has 2 bridgehead atoms. The number of fused-ring (bicyclic) bond motifs is 3. The van der Waals surface area contributed by atoms with E-state index in [4.69, 9.17) is 9.15 Å². The predicted octanol–water partition coefficient (Wildman–Crippen LogP) is 2.67. The average Bonchev–Trinajstić information content (AvgIpc) is 2.89. The van der Waals surface area contributed by atoms with Crippen molar-refractivity contribution in [1.29, 1.82) is 0 Å². The van der Waals surface area contributed by atoms with E-state index in [1.54, 1.807) is 6.26 Å². The van der Waals surface area contributed by atoms with Crippen molar-refractivity contribution in [2.24, 2.45) is 0 Å². The van der Waals surface area contributed by atoms with Crippen LogP contribution in [0.2, 0.25) is 0 Å². The number of aryl methyl sites for hydroxylation is 1. The molecule has 2 atom stereocenters. The summed E-state index contributed by atoms with van der Waals surface area (Å²) in [4.78, 5) is 11.8. The minimum absolute atomic E-state index is 0.289. The molecule has 0 unspecified atom stereocenters. The first-order chi connectivity index (χ1) is 9.06. The monoisotopic (exact) mass is 260 g/mol. The van der Waals surface area contributed by atoms with Gasteiger partial charge in [-0.05, 0) is 50.0 Å². The van der Waals surface area contributed by atoms with Crippen LogP contribution in [-0.4, -0.2) is 17.2 Å². The molecule has 1 aromatic heterocycles. The lowest BCUT2D eigenvalue weighted by atomic mass is 9.96. The highest BCUT2D eigenvalue weighted by Crippen LogP contribution is 2.37. The van der Waals surface area contributed by atoms with Gasteiger partial charge in [0.25, 0.3) is 0 Å². The smallest absolute Gasteiger partial charge is 0.334 e. The van der Waals surface area contributed by atoms with E-state index < -0.39 is 6.10 Å². The maximum atomic E-state index is 11.8. The highest BCUT2D eigenvalue weighted by molar-refractivity contribution is 5.91. The van der Waals surface area contributed by atoms with Crippen molar-refractivity contribution in [3.63, 3.8) is 0 Å². The Labute approximate surface area is 111 Å². The third-order valence-corrected chi connectivity index (χ3v) is 3.76. The number of carbonyl (C=O) groups excluding carboxylic acids is 1. The Bertz CT molecular complexity index is 591. The van der Waals surface area contributed by atoms with E-state index in [0.29, 0.717) is 24.2 Å². The number of aliphatic hydroxyl groups is 1.